The fraction of sp³-hybridized carbons (Fsp3) is 0.750. The Morgan fingerprint density at radius 3 is 2.74 bits per heavy atom. The molecule has 7 heteroatoms. The van der Waals surface area contributed by atoms with Gasteiger partial charge in [0.05, 0.1) is 12.2 Å². The van der Waals surface area contributed by atoms with Crippen molar-refractivity contribution >= 4 is 55.9 Å². The monoisotopic (exact) mass is 414 g/mol. The summed E-state index contributed by atoms with van der Waals surface area (Å²) in [4.78, 5) is 12.3. The minimum absolute atomic E-state index is 0.0697. The Bertz CT molecular complexity index is 354. The van der Waals surface area contributed by atoms with Crippen molar-refractivity contribution in [2.45, 2.75) is 39.4 Å². The first-order valence-electron chi connectivity index (χ1n) is 6.39. The molecule has 0 aromatic rings. The maximum atomic E-state index is 12.3. The van der Waals surface area contributed by atoms with Crippen molar-refractivity contribution in [1.29, 1.82) is 0 Å². The topological polar surface area (TPSA) is 35.5 Å². The van der Waals surface area contributed by atoms with Gasteiger partial charge in [-0.25, -0.2) is 0 Å². The smallest absolute Gasteiger partial charge is 0.380 e. The maximum absolute atomic E-state index is 12.3. The second-order valence-electron chi connectivity index (χ2n) is 4.98. The van der Waals surface area contributed by atoms with Crippen LogP contribution in [-0.2, 0) is 14.2 Å². The van der Waals surface area contributed by atoms with E-state index in [0.29, 0.717) is 6.61 Å². The summed E-state index contributed by atoms with van der Waals surface area (Å²) in [6.07, 6.45) is 0.543. The molecule has 1 fully saturated rings. The van der Waals surface area contributed by atoms with E-state index in [1.54, 1.807) is 0 Å². The van der Waals surface area contributed by atoms with Crippen LogP contribution in [0.3, 0.4) is 0 Å². The second kappa shape index (κ2) is 8.37. The van der Waals surface area contributed by atoms with Gasteiger partial charge in [-0.2, -0.15) is 12.5 Å². The van der Waals surface area contributed by atoms with Gasteiger partial charge in [-0.05, 0) is 23.0 Å². The second-order valence-corrected chi connectivity index (χ2v) is 7.28. The molecule has 0 aromatic carbocycles. The van der Waals surface area contributed by atoms with Crippen molar-refractivity contribution in [3.63, 3.8) is 0 Å². The van der Waals surface area contributed by atoms with Gasteiger partial charge in [0.2, 0.25) is 0 Å². The van der Waals surface area contributed by atoms with Crippen molar-refractivity contribution in [3.05, 3.63) is 9.66 Å². The van der Waals surface area contributed by atoms with E-state index in [-0.39, 0.29) is 35.7 Å². The zero-order valence-corrected chi connectivity index (χ0v) is 15.7. The molecule has 5 atom stereocenters. The lowest BCUT2D eigenvalue weighted by atomic mass is 9.81. The molecular formula is C12H21BIO3PS. The number of hydrogen-bond acceptors (Lipinski definition) is 4. The molecule has 1 unspecified atom stereocenters. The van der Waals surface area contributed by atoms with Crippen LogP contribution in [0, 0.1) is 11.8 Å². The number of ether oxygens (including phenoxy) is 1. The van der Waals surface area contributed by atoms with Crippen molar-refractivity contribution in [2.75, 3.05) is 6.61 Å². The molecule has 108 valence electrons. The third kappa shape index (κ3) is 4.99. The fourth-order valence-corrected chi connectivity index (χ4v) is 2.95. The normalized spacial score (nSPS) is 32.5. The Kier molecular flexibility index (Phi) is 7.91. The van der Waals surface area contributed by atoms with E-state index < -0.39 is 0 Å². The van der Waals surface area contributed by atoms with Crippen LogP contribution in [0.2, 0.25) is 0 Å². The molecule has 0 saturated carbocycles. The number of halogens is 1. The van der Waals surface area contributed by atoms with Crippen LogP contribution in [0.25, 0.3) is 0 Å². The van der Waals surface area contributed by atoms with Gasteiger partial charge in [-0.3, -0.25) is 4.79 Å². The van der Waals surface area contributed by atoms with E-state index in [2.05, 4.69) is 44.2 Å². The van der Waals surface area contributed by atoms with Gasteiger partial charge in [0.15, 0.2) is 0 Å². The van der Waals surface area contributed by atoms with Gasteiger partial charge in [-0.15, -0.1) is 9.12 Å². The lowest BCUT2D eigenvalue weighted by Crippen LogP contribution is -2.47. The minimum Gasteiger partial charge on any atom is -0.422 e. The predicted octanol–water partition coefficient (Wildman–Crippen LogP) is 3.13. The van der Waals surface area contributed by atoms with Gasteiger partial charge >= 0.3 is 5.91 Å². The van der Waals surface area contributed by atoms with Gasteiger partial charge in [0.1, 0.15) is 5.78 Å². The molecule has 0 spiro atoms. The summed E-state index contributed by atoms with van der Waals surface area (Å²) in [5.41, 5.74) is 1.11. The highest BCUT2D eigenvalue weighted by atomic mass is 127. The van der Waals surface area contributed by atoms with Gasteiger partial charge in [-0.1, -0.05) is 36.4 Å². The number of carbonyl (C=O) groups excluding carboxylic acids is 1. The molecule has 1 aliphatic heterocycles. The lowest BCUT2D eigenvalue weighted by Gasteiger charge is -2.38. The average Bonchev–Trinajstić information content (AvgIpc) is 2.37. The summed E-state index contributed by atoms with van der Waals surface area (Å²) < 4.78 is 13.5. The SMILES string of the molecule is CC(=CI)[C@@H]1O[C@H](CCOB(P)S)[C@H](C)C(=O)[C@H]1C. The van der Waals surface area contributed by atoms with Crippen molar-refractivity contribution in [3.8, 4) is 0 Å². The molecule has 3 nitrogen and oxygen atoms in total. The number of hydrogen-bond donors (Lipinski definition) is 1. The Morgan fingerprint density at radius 1 is 1.58 bits per heavy atom. The molecule has 0 N–H and O–H groups in total. The number of thiol groups is 1. The highest BCUT2D eigenvalue weighted by Gasteiger charge is 2.40. The van der Waals surface area contributed by atoms with Crippen molar-refractivity contribution < 1.29 is 14.2 Å². The van der Waals surface area contributed by atoms with E-state index in [1.807, 2.05) is 24.9 Å². The average molecular weight is 414 g/mol. The number of rotatable bonds is 5. The van der Waals surface area contributed by atoms with Gasteiger partial charge in [0.25, 0.3) is 0 Å². The van der Waals surface area contributed by atoms with Gasteiger partial charge in [0, 0.05) is 18.4 Å². The Hall–Kier alpha value is 0.905. The van der Waals surface area contributed by atoms with Crippen LogP contribution in [0.1, 0.15) is 27.2 Å². The maximum Gasteiger partial charge on any atom is 0.380 e. The molecule has 0 amide bonds. The van der Waals surface area contributed by atoms with Crippen LogP contribution < -0.4 is 0 Å². The van der Waals surface area contributed by atoms with E-state index >= 15 is 0 Å². The quantitative estimate of drug-likeness (QED) is 0.325. The summed E-state index contributed by atoms with van der Waals surface area (Å²) in [7, 11) is 2.47. The number of Topliss-reactive ketones (excluding diaryl/α,β-unsaturated/α-hetero) is 1. The standard InChI is InChI=1S/C12H21BIO3PS/c1-7(6-14)12-9(3)11(15)8(2)10(17-12)4-5-16-13(18)19/h6,8-10,12,19H,4-5,18H2,1-3H3/t8-,9+,10+,12-/m0/s1. The zero-order chi connectivity index (χ0) is 14.6. The summed E-state index contributed by atoms with van der Waals surface area (Å²) in [5.74, 6) is -0.0234. The van der Waals surface area contributed by atoms with E-state index in [0.717, 1.165) is 12.0 Å². The molecule has 1 saturated heterocycles. The summed E-state index contributed by atoms with van der Waals surface area (Å²) in [6, 6.07) is 0. The fourth-order valence-electron chi connectivity index (χ4n) is 2.36. The summed E-state index contributed by atoms with van der Waals surface area (Å²) in [5, 5.41) is 0. The number of ketones is 1. The first kappa shape index (κ1) is 18.0. The van der Waals surface area contributed by atoms with Crippen LogP contribution in [-0.4, -0.2) is 30.5 Å². The molecule has 0 aromatic heterocycles. The molecule has 0 bridgehead atoms. The molecule has 1 aliphatic rings. The third-order valence-corrected chi connectivity index (χ3v) is 4.87. The molecule has 1 heterocycles. The summed E-state index contributed by atoms with van der Waals surface area (Å²) in [6.45, 7) is 6.46. The largest absolute Gasteiger partial charge is 0.422 e. The zero-order valence-electron chi connectivity index (χ0n) is 11.5. The van der Waals surface area contributed by atoms with E-state index in [9.17, 15) is 4.79 Å². The Morgan fingerprint density at radius 2 is 2.21 bits per heavy atom. The Balaban J connectivity index is 2.68. The highest BCUT2D eigenvalue weighted by molar-refractivity contribution is 14.1. The first-order chi connectivity index (χ1) is 8.88. The molecule has 19 heavy (non-hydrogen) atoms. The Labute approximate surface area is 137 Å². The molecule has 0 aliphatic carbocycles. The highest BCUT2D eigenvalue weighted by Crippen LogP contribution is 2.32. The van der Waals surface area contributed by atoms with Crippen LogP contribution >= 0.6 is 44.2 Å². The van der Waals surface area contributed by atoms with Crippen molar-refractivity contribution in [1.82, 2.24) is 0 Å². The van der Waals surface area contributed by atoms with E-state index in [4.69, 9.17) is 9.39 Å². The van der Waals surface area contributed by atoms with E-state index in [1.165, 1.54) is 0 Å². The number of carbonyl (C=O) groups is 1. The van der Waals surface area contributed by atoms with Crippen LogP contribution in [0.4, 0.5) is 0 Å². The van der Waals surface area contributed by atoms with Crippen LogP contribution in [0.5, 0.6) is 0 Å². The summed E-state index contributed by atoms with van der Waals surface area (Å²) >= 11 is 6.33. The predicted molar refractivity (Wildman–Crippen MR) is 94.8 cm³/mol. The minimum atomic E-state index is -0.166. The van der Waals surface area contributed by atoms with Crippen LogP contribution in [0.15, 0.2) is 9.66 Å². The van der Waals surface area contributed by atoms with Gasteiger partial charge < -0.3 is 9.39 Å². The first-order valence-corrected chi connectivity index (χ1v) is 8.82. The van der Waals surface area contributed by atoms with Crippen molar-refractivity contribution in [2.24, 2.45) is 11.8 Å². The third-order valence-electron chi connectivity index (χ3n) is 3.54. The molecule has 0 radical (unpaired) electrons. The lowest BCUT2D eigenvalue weighted by molar-refractivity contribution is -0.152. The molecule has 1 rings (SSSR count). The molecular weight excluding hydrogens is 393 g/mol.